The van der Waals surface area contributed by atoms with Crippen molar-refractivity contribution in [1.82, 2.24) is 0 Å². The Morgan fingerprint density at radius 1 is 1.05 bits per heavy atom. The summed E-state index contributed by atoms with van der Waals surface area (Å²) in [5.41, 5.74) is 6.99. The molecular formula is C18H20BrI. The van der Waals surface area contributed by atoms with Gasteiger partial charge in [-0.2, -0.15) is 0 Å². The zero-order valence-electron chi connectivity index (χ0n) is 12.2. The number of alkyl halides is 1. The van der Waals surface area contributed by atoms with Gasteiger partial charge in [-0.25, -0.2) is 0 Å². The van der Waals surface area contributed by atoms with Crippen LogP contribution in [0.4, 0.5) is 0 Å². The Morgan fingerprint density at radius 2 is 1.75 bits per heavy atom. The molecular weight excluding hydrogens is 423 g/mol. The van der Waals surface area contributed by atoms with Gasteiger partial charge in [0.15, 0.2) is 0 Å². The quantitative estimate of drug-likeness (QED) is 0.390. The second-order valence-electron chi connectivity index (χ2n) is 5.08. The molecule has 0 nitrogen and oxygen atoms in total. The van der Waals surface area contributed by atoms with Crippen LogP contribution in [0.3, 0.4) is 0 Å². The predicted molar refractivity (Wildman–Crippen MR) is 99.9 cm³/mol. The number of halogens is 2. The van der Waals surface area contributed by atoms with Crippen molar-refractivity contribution in [2.75, 3.05) is 0 Å². The number of rotatable bonds is 4. The zero-order valence-corrected chi connectivity index (χ0v) is 16.0. The van der Waals surface area contributed by atoms with Gasteiger partial charge in [-0.1, -0.05) is 66.2 Å². The Labute approximate surface area is 144 Å². The smallest absolute Gasteiger partial charge is 0.0655 e. The molecule has 0 fully saturated rings. The molecule has 106 valence electrons. The van der Waals surface area contributed by atoms with E-state index in [-0.39, 0.29) is 4.83 Å². The number of hydrogen-bond acceptors (Lipinski definition) is 0. The van der Waals surface area contributed by atoms with Crippen LogP contribution < -0.4 is 0 Å². The highest BCUT2D eigenvalue weighted by Gasteiger charge is 2.15. The summed E-state index contributed by atoms with van der Waals surface area (Å²) in [5, 5.41) is 0. The van der Waals surface area contributed by atoms with Crippen LogP contribution in [-0.2, 0) is 12.8 Å². The van der Waals surface area contributed by atoms with Crippen LogP contribution in [0, 0.1) is 10.5 Å². The van der Waals surface area contributed by atoms with Crippen LogP contribution in [-0.4, -0.2) is 0 Å². The van der Waals surface area contributed by atoms with Crippen molar-refractivity contribution in [3.05, 3.63) is 67.8 Å². The molecule has 0 saturated heterocycles. The second kappa shape index (κ2) is 7.08. The van der Waals surface area contributed by atoms with Gasteiger partial charge in [0.2, 0.25) is 0 Å². The largest absolute Gasteiger partial charge is 0.0786 e. The first-order chi connectivity index (χ1) is 9.58. The molecule has 0 N–H and O–H groups in total. The lowest BCUT2D eigenvalue weighted by Crippen LogP contribution is -2.00. The third kappa shape index (κ3) is 3.28. The summed E-state index contributed by atoms with van der Waals surface area (Å²) in [5.74, 6) is 0. The maximum atomic E-state index is 3.88. The van der Waals surface area contributed by atoms with E-state index in [4.69, 9.17) is 0 Å². The van der Waals surface area contributed by atoms with Crippen LogP contribution in [0.2, 0.25) is 0 Å². The van der Waals surface area contributed by atoms with Crippen molar-refractivity contribution in [2.24, 2.45) is 0 Å². The number of benzene rings is 2. The molecule has 0 heterocycles. The molecule has 1 unspecified atom stereocenters. The van der Waals surface area contributed by atoms with Gasteiger partial charge in [0, 0.05) is 3.57 Å². The minimum Gasteiger partial charge on any atom is -0.0786 e. The molecule has 0 saturated carbocycles. The highest BCUT2D eigenvalue weighted by molar-refractivity contribution is 14.1. The standard InChI is InChI=1S/C18H20BrI/c1-4-13-9-10-15(11-14(13)5-2)17(19)16-8-6-7-12(3)18(16)20/h6-11,17H,4-5H2,1-3H3. The van der Waals surface area contributed by atoms with Gasteiger partial charge in [-0.15, -0.1) is 0 Å². The normalized spacial score (nSPS) is 12.4. The Bertz CT molecular complexity index is 604. The van der Waals surface area contributed by atoms with E-state index in [0.29, 0.717) is 0 Å². The van der Waals surface area contributed by atoms with Gasteiger partial charge in [0.25, 0.3) is 0 Å². The predicted octanol–water partition coefficient (Wildman–Crippen LogP) is 6.21. The molecule has 1 atom stereocenters. The fourth-order valence-corrected chi connectivity index (χ4v) is 4.29. The Morgan fingerprint density at radius 3 is 2.40 bits per heavy atom. The maximum Gasteiger partial charge on any atom is 0.0655 e. The number of aryl methyl sites for hydroxylation is 3. The Hall–Kier alpha value is -0.350. The van der Waals surface area contributed by atoms with Crippen LogP contribution in [0.1, 0.15) is 46.5 Å². The van der Waals surface area contributed by atoms with Crippen molar-refractivity contribution in [3.63, 3.8) is 0 Å². The maximum absolute atomic E-state index is 3.88. The average Bonchev–Trinajstić information content (AvgIpc) is 2.48. The first-order valence-corrected chi connectivity index (χ1v) is 9.08. The van der Waals surface area contributed by atoms with Gasteiger partial charge in [-0.05, 0) is 70.2 Å². The van der Waals surface area contributed by atoms with E-state index in [0.717, 1.165) is 12.8 Å². The van der Waals surface area contributed by atoms with Crippen molar-refractivity contribution in [1.29, 1.82) is 0 Å². The minimum atomic E-state index is 0.269. The van der Waals surface area contributed by atoms with Crippen molar-refractivity contribution in [2.45, 2.75) is 38.4 Å². The minimum absolute atomic E-state index is 0.269. The lowest BCUT2D eigenvalue weighted by atomic mass is 9.96. The summed E-state index contributed by atoms with van der Waals surface area (Å²) in [7, 11) is 0. The zero-order chi connectivity index (χ0) is 14.7. The molecule has 0 spiro atoms. The summed E-state index contributed by atoms with van der Waals surface area (Å²) >= 11 is 6.33. The first kappa shape index (κ1) is 16.0. The molecule has 0 aromatic heterocycles. The van der Waals surface area contributed by atoms with E-state index in [1.807, 2.05) is 0 Å². The number of hydrogen-bond donors (Lipinski definition) is 0. The van der Waals surface area contributed by atoms with Gasteiger partial charge in [0.05, 0.1) is 4.83 Å². The van der Waals surface area contributed by atoms with E-state index in [1.165, 1.54) is 31.4 Å². The fourth-order valence-electron chi connectivity index (χ4n) is 2.52. The van der Waals surface area contributed by atoms with Crippen molar-refractivity contribution in [3.8, 4) is 0 Å². The van der Waals surface area contributed by atoms with Crippen LogP contribution in [0.5, 0.6) is 0 Å². The summed E-state index contributed by atoms with van der Waals surface area (Å²) in [6.07, 6.45) is 2.21. The topological polar surface area (TPSA) is 0 Å². The molecule has 0 aliphatic carbocycles. The molecule has 0 aliphatic heterocycles. The van der Waals surface area contributed by atoms with E-state index in [2.05, 4.69) is 95.7 Å². The van der Waals surface area contributed by atoms with Crippen LogP contribution in [0.25, 0.3) is 0 Å². The Kier molecular flexibility index (Phi) is 5.67. The second-order valence-corrected chi connectivity index (χ2v) is 7.07. The van der Waals surface area contributed by atoms with Crippen LogP contribution in [0.15, 0.2) is 36.4 Å². The van der Waals surface area contributed by atoms with E-state index < -0.39 is 0 Å². The summed E-state index contributed by atoms with van der Waals surface area (Å²) < 4.78 is 1.35. The summed E-state index contributed by atoms with van der Waals surface area (Å²) in [6, 6.07) is 13.4. The highest BCUT2D eigenvalue weighted by Crippen LogP contribution is 2.35. The lowest BCUT2D eigenvalue weighted by Gasteiger charge is -2.16. The molecule has 20 heavy (non-hydrogen) atoms. The van der Waals surface area contributed by atoms with Crippen molar-refractivity contribution < 1.29 is 0 Å². The fraction of sp³-hybridized carbons (Fsp3) is 0.333. The molecule has 0 bridgehead atoms. The monoisotopic (exact) mass is 442 g/mol. The van der Waals surface area contributed by atoms with Gasteiger partial charge in [-0.3, -0.25) is 0 Å². The van der Waals surface area contributed by atoms with Crippen molar-refractivity contribution >= 4 is 38.5 Å². The molecule has 2 rings (SSSR count). The summed E-state index contributed by atoms with van der Waals surface area (Å²) in [4.78, 5) is 0.269. The Balaban J connectivity index is 2.43. The van der Waals surface area contributed by atoms with Gasteiger partial charge in [0.1, 0.15) is 0 Å². The molecule has 2 aromatic carbocycles. The highest BCUT2D eigenvalue weighted by atomic mass is 127. The molecule has 0 radical (unpaired) electrons. The van der Waals surface area contributed by atoms with E-state index in [1.54, 1.807) is 0 Å². The third-order valence-electron chi connectivity index (χ3n) is 3.78. The van der Waals surface area contributed by atoms with Gasteiger partial charge < -0.3 is 0 Å². The summed E-state index contributed by atoms with van der Waals surface area (Å²) in [6.45, 7) is 6.63. The van der Waals surface area contributed by atoms with E-state index >= 15 is 0 Å². The SMILES string of the molecule is CCc1ccc(C(Br)c2cccc(C)c2I)cc1CC. The first-order valence-electron chi connectivity index (χ1n) is 7.09. The molecule has 0 aliphatic rings. The van der Waals surface area contributed by atoms with E-state index in [9.17, 15) is 0 Å². The molecule has 2 heteroatoms. The lowest BCUT2D eigenvalue weighted by molar-refractivity contribution is 1.02. The molecule has 0 amide bonds. The van der Waals surface area contributed by atoms with Crippen LogP contribution >= 0.6 is 38.5 Å². The van der Waals surface area contributed by atoms with Gasteiger partial charge >= 0.3 is 0 Å². The molecule has 2 aromatic rings. The average molecular weight is 443 g/mol. The third-order valence-corrected chi connectivity index (χ3v) is 6.28.